The molecule has 2 aromatic carbocycles. The third-order valence-corrected chi connectivity index (χ3v) is 7.47. The summed E-state index contributed by atoms with van der Waals surface area (Å²) in [6.07, 6.45) is -4.82. The molecular weight excluding hydrogens is 555 g/mol. The van der Waals surface area contributed by atoms with Crippen LogP contribution in [-0.4, -0.2) is 60.5 Å². The highest BCUT2D eigenvalue weighted by Crippen LogP contribution is 2.26. The first kappa shape index (κ1) is 30.5. The fraction of sp³-hybridized carbons (Fsp3) is 0.308. The van der Waals surface area contributed by atoms with E-state index in [-0.39, 0.29) is 18.1 Å². The molecule has 1 fully saturated rings. The zero-order chi connectivity index (χ0) is 29.5. The highest BCUT2D eigenvalue weighted by molar-refractivity contribution is 7.85. The van der Waals surface area contributed by atoms with E-state index in [9.17, 15) is 27.0 Å². The molecule has 14 heteroatoms. The number of aliphatic carboxylic acids is 1. The number of para-hydroxylation sites is 1. The van der Waals surface area contributed by atoms with Gasteiger partial charge in [-0.25, -0.2) is 10.3 Å². The second kappa shape index (κ2) is 12.9. The van der Waals surface area contributed by atoms with Gasteiger partial charge in [0.1, 0.15) is 12.4 Å². The van der Waals surface area contributed by atoms with Crippen molar-refractivity contribution in [2.45, 2.75) is 38.1 Å². The number of hydrogen-bond acceptors (Lipinski definition) is 7. The number of pyridine rings is 1. The fourth-order valence-electron chi connectivity index (χ4n) is 4.08. The molecule has 0 saturated carbocycles. The summed E-state index contributed by atoms with van der Waals surface area (Å²) < 4.78 is 49.6. The van der Waals surface area contributed by atoms with Gasteiger partial charge in [-0.2, -0.15) is 13.2 Å². The van der Waals surface area contributed by atoms with E-state index in [1.165, 1.54) is 0 Å². The lowest BCUT2D eigenvalue weighted by Crippen LogP contribution is -2.51. The average molecular weight is 582 g/mol. The minimum atomic E-state index is -5.08. The summed E-state index contributed by atoms with van der Waals surface area (Å²) >= 11 is 0. The maximum Gasteiger partial charge on any atom is 0.490 e. The van der Waals surface area contributed by atoms with Crippen molar-refractivity contribution in [3.8, 4) is 5.75 Å². The second-order valence-electron chi connectivity index (χ2n) is 9.04. The van der Waals surface area contributed by atoms with Crippen LogP contribution < -0.4 is 15.5 Å². The highest BCUT2D eigenvalue weighted by atomic mass is 32.2. The van der Waals surface area contributed by atoms with Gasteiger partial charge in [0.15, 0.2) is 0 Å². The summed E-state index contributed by atoms with van der Waals surface area (Å²) in [6, 6.07) is 16.6. The number of benzene rings is 2. The number of ether oxygens (including phenoxy) is 1. The summed E-state index contributed by atoms with van der Waals surface area (Å²) in [6.45, 7) is 2.31. The number of halogens is 3. The predicted octanol–water partition coefficient (Wildman–Crippen LogP) is 3.27. The molecule has 1 saturated heterocycles. The van der Waals surface area contributed by atoms with Gasteiger partial charge in [-0.3, -0.25) is 24.0 Å². The number of aromatic nitrogens is 1. The number of carbonyl (C=O) groups excluding carboxylic acids is 2. The van der Waals surface area contributed by atoms with Crippen LogP contribution in [0.25, 0.3) is 10.9 Å². The van der Waals surface area contributed by atoms with E-state index in [1.807, 2.05) is 37.3 Å². The molecule has 2 heterocycles. The molecule has 4 rings (SSSR count). The molecule has 0 bridgehead atoms. The molecule has 2 atom stereocenters. The highest BCUT2D eigenvalue weighted by Gasteiger charge is 2.41. The van der Waals surface area contributed by atoms with Gasteiger partial charge in [-0.15, -0.1) is 0 Å². The van der Waals surface area contributed by atoms with Crippen molar-refractivity contribution in [1.82, 2.24) is 15.8 Å². The smallest absolute Gasteiger partial charge is 0.489 e. The quantitative estimate of drug-likeness (QED) is 0.245. The van der Waals surface area contributed by atoms with Crippen LogP contribution in [0, 0.1) is 6.92 Å². The molecule has 0 radical (unpaired) electrons. The molecule has 2 unspecified atom stereocenters. The number of carboxylic acid groups (broad SMARTS) is 1. The summed E-state index contributed by atoms with van der Waals surface area (Å²) in [5.41, 5.74) is 3.90. The first-order chi connectivity index (χ1) is 18.8. The zero-order valence-corrected chi connectivity index (χ0v) is 22.0. The van der Waals surface area contributed by atoms with Crippen molar-refractivity contribution in [2.24, 2.45) is 0 Å². The summed E-state index contributed by atoms with van der Waals surface area (Å²) in [4.78, 5) is 37.9. The van der Waals surface area contributed by atoms with Crippen LogP contribution in [0.5, 0.6) is 5.75 Å². The number of aryl methyl sites for hydroxylation is 1. The lowest BCUT2D eigenvalue weighted by Gasteiger charge is -2.28. The molecule has 0 spiro atoms. The molecule has 1 aliphatic heterocycles. The number of rotatable bonds is 7. The Hall–Kier alpha value is -4.04. The van der Waals surface area contributed by atoms with Crippen molar-refractivity contribution >= 4 is 39.5 Å². The third-order valence-electron chi connectivity index (χ3n) is 5.93. The summed E-state index contributed by atoms with van der Waals surface area (Å²) in [5.74, 6) is -2.57. The van der Waals surface area contributed by atoms with Gasteiger partial charge in [0.25, 0.3) is 5.91 Å². The maximum atomic E-state index is 12.8. The number of nitrogens with zero attached hydrogens (tertiary/aromatic N) is 1. The predicted molar refractivity (Wildman–Crippen MR) is 138 cm³/mol. The largest absolute Gasteiger partial charge is 0.490 e. The van der Waals surface area contributed by atoms with Gasteiger partial charge in [0, 0.05) is 44.5 Å². The summed E-state index contributed by atoms with van der Waals surface area (Å²) in [7, 11) is -1.12. The molecule has 2 amide bonds. The van der Waals surface area contributed by atoms with Gasteiger partial charge in [0.05, 0.1) is 17.5 Å². The normalized spacial score (nSPS) is 18.4. The molecule has 0 aliphatic carbocycles. The lowest BCUT2D eigenvalue weighted by atomic mass is 9.93. The van der Waals surface area contributed by atoms with Gasteiger partial charge in [0.2, 0.25) is 5.91 Å². The molecule has 10 nitrogen and oxygen atoms in total. The summed E-state index contributed by atoms with van der Waals surface area (Å²) in [5, 5.41) is 19.9. The van der Waals surface area contributed by atoms with Gasteiger partial charge >= 0.3 is 12.1 Å². The average Bonchev–Trinajstić information content (AvgIpc) is 3.26. The van der Waals surface area contributed by atoms with E-state index in [0.29, 0.717) is 30.1 Å². The molecule has 40 heavy (non-hydrogen) atoms. The van der Waals surface area contributed by atoms with E-state index in [0.717, 1.165) is 22.2 Å². The van der Waals surface area contributed by atoms with Crippen LogP contribution >= 0.6 is 0 Å². The Labute approximate surface area is 229 Å². The number of fused-ring (bicyclic) bond motifs is 1. The first-order valence-electron chi connectivity index (χ1n) is 11.8. The standard InChI is InChI=1S/C24H25N3O5S.C2HF3O2/c1-16-12-18(20-4-2-3-5-21(20)25-16)14-32-19-8-6-17(7-9-19)23(29)26-24(13-22(28)27-30)10-11-33(31)15-24;3-2(4,5)1(6)7/h2-9,12,30H,10-11,13-15H2,1H3,(H,26,29)(H,27,28);(H,6,7). The minimum absolute atomic E-state index is 0.137. The van der Waals surface area contributed by atoms with Crippen molar-refractivity contribution in [3.05, 3.63) is 71.4 Å². The zero-order valence-electron chi connectivity index (χ0n) is 21.2. The van der Waals surface area contributed by atoms with Crippen LogP contribution in [0.1, 0.15) is 34.5 Å². The molecule has 3 aromatic rings. The van der Waals surface area contributed by atoms with Crippen LogP contribution in [0.2, 0.25) is 0 Å². The van der Waals surface area contributed by atoms with Crippen LogP contribution in [0.15, 0.2) is 54.6 Å². The minimum Gasteiger partial charge on any atom is -0.489 e. The van der Waals surface area contributed by atoms with Crippen LogP contribution in [-0.2, 0) is 27.0 Å². The Morgan fingerprint density at radius 2 is 1.77 bits per heavy atom. The number of hydrogen-bond donors (Lipinski definition) is 4. The Kier molecular flexibility index (Phi) is 9.82. The van der Waals surface area contributed by atoms with E-state index in [2.05, 4.69) is 10.3 Å². The Bertz CT molecular complexity index is 1420. The monoisotopic (exact) mass is 581 g/mol. The Morgan fingerprint density at radius 3 is 2.35 bits per heavy atom. The Morgan fingerprint density at radius 1 is 1.12 bits per heavy atom. The third kappa shape index (κ3) is 8.23. The first-order valence-corrected chi connectivity index (χ1v) is 13.3. The molecule has 4 N–H and O–H groups in total. The van der Waals surface area contributed by atoms with Gasteiger partial charge < -0.3 is 15.2 Å². The maximum absolute atomic E-state index is 12.8. The number of alkyl halides is 3. The number of carbonyl (C=O) groups is 3. The molecular formula is C26H26F3N3O7S. The van der Waals surface area contributed by atoms with Crippen molar-refractivity contribution in [1.29, 1.82) is 0 Å². The number of nitrogens with one attached hydrogen (secondary N) is 2. The number of carboxylic acids is 1. The van der Waals surface area contributed by atoms with Crippen molar-refractivity contribution in [3.63, 3.8) is 0 Å². The topological polar surface area (TPSA) is 155 Å². The van der Waals surface area contributed by atoms with Gasteiger partial charge in [-0.05, 0) is 49.7 Å². The van der Waals surface area contributed by atoms with E-state index >= 15 is 0 Å². The van der Waals surface area contributed by atoms with Crippen molar-refractivity contribution in [2.75, 3.05) is 11.5 Å². The van der Waals surface area contributed by atoms with E-state index < -0.39 is 34.4 Å². The lowest BCUT2D eigenvalue weighted by molar-refractivity contribution is -0.192. The fourth-order valence-corrected chi connectivity index (χ4v) is 5.78. The number of hydroxylamine groups is 1. The van der Waals surface area contributed by atoms with Crippen LogP contribution in [0.3, 0.4) is 0 Å². The SMILES string of the molecule is Cc1cc(COc2ccc(C(=O)NC3(CC(=O)NO)CCS(=O)C3)cc2)c2ccccc2n1.O=C(O)C(F)(F)F. The molecule has 1 aliphatic rings. The molecule has 214 valence electrons. The Balaban J connectivity index is 0.000000559. The molecule has 1 aromatic heterocycles. The second-order valence-corrected chi connectivity index (χ2v) is 10.6. The van der Waals surface area contributed by atoms with E-state index in [4.69, 9.17) is 19.8 Å². The number of amides is 2. The van der Waals surface area contributed by atoms with E-state index in [1.54, 1.807) is 29.7 Å². The van der Waals surface area contributed by atoms with Gasteiger partial charge in [-0.1, -0.05) is 18.2 Å². The van der Waals surface area contributed by atoms with Crippen LogP contribution in [0.4, 0.5) is 13.2 Å². The van der Waals surface area contributed by atoms with Crippen molar-refractivity contribution < 1.29 is 46.8 Å².